The van der Waals surface area contributed by atoms with Gasteiger partial charge >= 0.3 is 0 Å². The number of hydrogen-bond donors (Lipinski definition) is 3. The zero-order valence-electron chi connectivity index (χ0n) is 11.7. The van der Waals surface area contributed by atoms with Crippen molar-refractivity contribution in [1.82, 2.24) is 5.43 Å². The van der Waals surface area contributed by atoms with Crippen LogP contribution >= 0.6 is 0 Å². The molecule has 21 heavy (non-hydrogen) atoms. The van der Waals surface area contributed by atoms with Gasteiger partial charge < -0.3 is 10.4 Å². The molecule has 2 rings (SSSR count). The van der Waals surface area contributed by atoms with Crippen LogP contribution in [0.3, 0.4) is 0 Å². The van der Waals surface area contributed by atoms with Crippen molar-refractivity contribution in [2.75, 3.05) is 11.9 Å². The fourth-order valence-electron chi connectivity index (χ4n) is 1.77. The van der Waals surface area contributed by atoms with Gasteiger partial charge in [-0.15, -0.1) is 0 Å². The number of phenolic OH excluding ortho intramolecular Hbond substituents is 1. The summed E-state index contributed by atoms with van der Waals surface area (Å²) < 4.78 is 0. The van der Waals surface area contributed by atoms with Gasteiger partial charge in [0.15, 0.2) is 0 Å². The van der Waals surface area contributed by atoms with E-state index in [0.29, 0.717) is 5.56 Å². The summed E-state index contributed by atoms with van der Waals surface area (Å²) in [5.74, 6) is -0.0823. The summed E-state index contributed by atoms with van der Waals surface area (Å²) in [5, 5.41) is 16.2. The van der Waals surface area contributed by atoms with Crippen LogP contribution in [0.15, 0.2) is 53.6 Å². The highest BCUT2D eigenvalue weighted by Crippen LogP contribution is 2.12. The maximum atomic E-state index is 11.6. The minimum atomic E-state index is -0.241. The second kappa shape index (κ2) is 7.09. The molecule has 0 aliphatic heterocycles. The average Bonchev–Trinajstić information content (AvgIpc) is 2.46. The molecule has 0 saturated carbocycles. The third-order valence-corrected chi connectivity index (χ3v) is 2.86. The van der Waals surface area contributed by atoms with Crippen LogP contribution in [0.2, 0.25) is 0 Å². The molecular formula is C16H17N3O2. The van der Waals surface area contributed by atoms with Gasteiger partial charge in [0.2, 0.25) is 0 Å². The standard InChI is InChI=1S/C16H17N3O2/c1-12-5-2-3-8-15(12)17-11-16(21)19-18-10-13-6-4-7-14(20)9-13/h2-10,17,20H,11H2,1H3,(H,19,21)/b18-10-. The maximum absolute atomic E-state index is 11.6. The molecular weight excluding hydrogens is 266 g/mol. The van der Waals surface area contributed by atoms with Gasteiger partial charge in [-0.2, -0.15) is 5.10 Å². The number of carbonyl (C=O) groups excluding carboxylic acids is 1. The Bertz CT molecular complexity index is 653. The summed E-state index contributed by atoms with van der Waals surface area (Å²) >= 11 is 0. The monoisotopic (exact) mass is 283 g/mol. The molecule has 5 heteroatoms. The van der Waals surface area contributed by atoms with Crippen LogP contribution in [0.1, 0.15) is 11.1 Å². The molecule has 5 nitrogen and oxygen atoms in total. The Morgan fingerprint density at radius 1 is 1.24 bits per heavy atom. The number of anilines is 1. The molecule has 0 aromatic heterocycles. The van der Waals surface area contributed by atoms with Crippen LogP contribution in [0, 0.1) is 6.92 Å². The average molecular weight is 283 g/mol. The van der Waals surface area contributed by atoms with E-state index in [9.17, 15) is 9.90 Å². The van der Waals surface area contributed by atoms with Gasteiger partial charge in [0.1, 0.15) is 5.75 Å². The zero-order chi connectivity index (χ0) is 15.1. The molecule has 1 amide bonds. The van der Waals surface area contributed by atoms with E-state index in [1.807, 2.05) is 31.2 Å². The van der Waals surface area contributed by atoms with Crippen molar-refractivity contribution in [3.05, 3.63) is 59.7 Å². The number of aromatic hydroxyl groups is 1. The largest absolute Gasteiger partial charge is 0.508 e. The normalized spacial score (nSPS) is 10.5. The Morgan fingerprint density at radius 2 is 2.05 bits per heavy atom. The second-order valence-corrected chi connectivity index (χ2v) is 4.56. The summed E-state index contributed by atoms with van der Waals surface area (Å²) in [4.78, 5) is 11.6. The first kappa shape index (κ1) is 14.6. The molecule has 0 aliphatic rings. The third-order valence-electron chi connectivity index (χ3n) is 2.86. The number of nitrogens with zero attached hydrogens (tertiary/aromatic N) is 1. The van der Waals surface area contributed by atoms with Crippen LogP contribution in [-0.2, 0) is 4.79 Å². The quantitative estimate of drug-likeness (QED) is 0.582. The van der Waals surface area contributed by atoms with Gasteiger partial charge in [-0.05, 0) is 36.2 Å². The van der Waals surface area contributed by atoms with Crippen LogP contribution < -0.4 is 10.7 Å². The van der Waals surface area contributed by atoms with Gasteiger partial charge in [-0.1, -0.05) is 30.3 Å². The number of para-hydroxylation sites is 1. The molecule has 3 N–H and O–H groups in total. The summed E-state index contributed by atoms with van der Waals surface area (Å²) in [6.07, 6.45) is 1.48. The number of carbonyl (C=O) groups is 1. The maximum Gasteiger partial charge on any atom is 0.259 e. The van der Waals surface area contributed by atoms with E-state index in [-0.39, 0.29) is 18.2 Å². The van der Waals surface area contributed by atoms with Gasteiger partial charge in [0, 0.05) is 5.69 Å². The van der Waals surface area contributed by atoms with Gasteiger partial charge in [0.05, 0.1) is 12.8 Å². The molecule has 0 atom stereocenters. The molecule has 0 heterocycles. The van der Waals surface area contributed by atoms with Crippen molar-refractivity contribution in [2.24, 2.45) is 5.10 Å². The van der Waals surface area contributed by atoms with Crippen LogP contribution in [0.25, 0.3) is 0 Å². The van der Waals surface area contributed by atoms with Gasteiger partial charge in [-0.3, -0.25) is 4.79 Å². The lowest BCUT2D eigenvalue weighted by Gasteiger charge is -2.07. The number of aryl methyl sites for hydroxylation is 1. The molecule has 0 spiro atoms. The molecule has 0 radical (unpaired) electrons. The molecule has 2 aromatic carbocycles. The zero-order valence-corrected chi connectivity index (χ0v) is 11.7. The number of rotatable bonds is 5. The first-order chi connectivity index (χ1) is 10.1. The summed E-state index contributed by atoms with van der Waals surface area (Å²) in [6.45, 7) is 2.11. The summed E-state index contributed by atoms with van der Waals surface area (Å²) in [6, 6.07) is 14.4. The molecule has 0 aliphatic carbocycles. The van der Waals surface area contributed by atoms with E-state index in [2.05, 4.69) is 15.8 Å². The SMILES string of the molecule is Cc1ccccc1NCC(=O)N/N=C\c1cccc(O)c1. The van der Waals surface area contributed by atoms with Crippen LogP contribution in [-0.4, -0.2) is 23.8 Å². The fraction of sp³-hybridized carbons (Fsp3) is 0.125. The van der Waals surface area contributed by atoms with Crippen molar-refractivity contribution in [3.8, 4) is 5.75 Å². The lowest BCUT2D eigenvalue weighted by molar-refractivity contribution is -0.119. The van der Waals surface area contributed by atoms with Gasteiger partial charge in [0.25, 0.3) is 5.91 Å². The molecule has 0 saturated heterocycles. The highest BCUT2D eigenvalue weighted by atomic mass is 16.3. The van der Waals surface area contributed by atoms with E-state index in [4.69, 9.17) is 0 Å². The Kier molecular flexibility index (Phi) is 4.93. The summed E-state index contributed by atoms with van der Waals surface area (Å²) in [7, 11) is 0. The Morgan fingerprint density at radius 3 is 2.81 bits per heavy atom. The fourth-order valence-corrected chi connectivity index (χ4v) is 1.77. The number of nitrogens with one attached hydrogen (secondary N) is 2. The Balaban J connectivity index is 1.81. The Labute approximate surface area is 123 Å². The smallest absolute Gasteiger partial charge is 0.259 e. The molecule has 0 fully saturated rings. The second-order valence-electron chi connectivity index (χ2n) is 4.56. The first-order valence-electron chi connectivity index (χ1n) is 6.55. The minimum Gasteiger partial charge on any atom is -0.508 e. The topological polar surface area (TPSA) is 73.7 Å². The number of phenols is 1. The molecule has 0 bridgehead atoms. The highest BCUT2D eigenvalue weighted by Gasteiger charge is 2.01. The van der Waals surface area contributed by atoms with Crippen molar-refractivity contribution in [1.29, 1.82) is 0 Å². The van der Waals surface area contributed by atoms with E-state index in [1.165, 1.54) is 6.21 Å². The van der Waals surface area contributed by atoms with Crippen molar-refractivity contribution in [2.45, 2.75) is 6.92 Å². The minimum absolute atomic E-state index is 0.141. The molecule has 108 valence electrons. The van der Waals surface area contributed by atoms with Crippen molar-refractivity contribution < 1.29 is 9.90 Å². The van der Waals surface area contributed by atoms with Crippen LogP contribution in [0.4, 0.5) is 5.69 Å². The van der Waals surface area contributed by atoms with Crippen LogP contribution in [0.5, 0.6) is 5.75 Å². The number of amides is 1. The number of hydrazone groups is 1. The van der Waals surface area contributed by atoms with Gasteiger partial charge in [-0.25, -0.2) is 5.43 Å². The van der Waals surface area contributed by atoms with E-state index in [0.717, 1.165) is 11.3 Å². The predicted octanol–water partition coefficient (Wildman–Crippen LogP) is 2.26. The number of benzene rings is 2. The van der Waals surface area contributed by atoms with E-state index in [1.54, 1.807) is 24.3 Å². The molecule has 2 aromatic rings. The van der Waals surface area contributed by atoms with Crippen molar-refractivity contribution in [3.63, 3.8) is 0 Å². The lowest BCUT2D eigenvalue weighted by atomic mass is 10.2. The third kappa shape index (κ3) is 4.65. The Hall–Kier alpha value is -2.82. The number of hydrogen-bond acceptors (Lipinski definition) is 4. The highest BCUT2D eigenvalue weighted by molar-refractivity contribution is 5.84. The van der Waals surface area contributed by atoms with E-state index < -0.39 is 0 Å². The molecule has 0 unspecified atom stereocenters. The summed E-state index contributed by atoms with van der Waals surface area (Å²) in [5.41, 5.74) is 5.14. The van der Waals surface area contributed by atoms with Crippen molar-refractivity contribution >= 4 is 17.8 Å². The van der Waals surface area contributed by atoms with E-state index >= 15 is 0 Å². The first-order valence-corrected chi connectivity index (χ1v) is 6.55. The lowest BCUT2D eigenvalue weighted by Crippen LogP contribution is -2.26. The predicted molar refractivity (Wildman–Crippen MR) is 83.5 cm³/mol.